The number of carbonyl (C=O) groups is 1. The highest BCUT2D eigenvalue weighted by atomic mass is 16.5. The molecule has 0 saturated carbocycles. The summed E-state index contributed by atoms with van der Waals surface area (Å²) in [6, 6.07) is 11.4. The van der Waals surface area contributed by atoms with Gasteiger partial charge in [0.1, 0.15) is 11.5 Å². The van der Waals surface area contributed by atoms with Gasteiger partial charge < -0.3 is 15.4 Å². The first kappa shape index (κ1) is 15.5. The molecule has 1 amide bonds. The predicted molar refractivity (Wildman–Crippen MR) is 89.6 cm³/mol. The lowest BCUT2D eigenvalue weighted by Gasteiger charge is -2.27. The minimum Gasteiger partial charge on any atom is -0.457 e. The van der Waals surface area contributed by atoms with Crippen LogP contribution in [0, 0.1) is 5.92 Å². The first-order valence-corrected chi connectivity index (χ1v) is 7.93. The van der Waals surface area contributed by atoms with Crippen LogP contribution >= 0.6 is 0 Å². The summed E-state index contributed by atoms with van der Waals surface area (Å²) in [5.74, 6) is 1.64. The average Bonchev–Trinajstić information content (AvgIpc) is 2.57. The number of hydrogen-bond donors (Lipinski definition) is 2. The number of carbonyl (C=O) groups excluding carboxylic acids is 1. The number of amides is 1. The van der Waals surface area contributed by atoms with Gasteiger partial charge in [-0.15, -0.1) is 0 Å². The lowest BCUT2D eigenvalue weighted by molar-refractivity contribution is -0.120. The maximum Gasteiger partial charge on any atom is 0.227 e. The number of anilines is 1. The molecule has 1 aromatic carbocycles. The molecule has 0 bridgehead atoms. The Labute approximate surface area is 136 Å². The molecular weight excluding hydrogens is 290 g/mol. The Bertz CT molecular complexity index is 643. The zero-order valence-electron chi connectivity index (χ0n) is 13.2. The van der Waals surface area contributed by atoms with Gasteiger partial charge in [-0.2, -0.15) is 0 Å². The van der Waals surface area contributed by atoms with Crippen molar-refractivity contribution in [1.82, 2.24) is 10.3 Å². The number of aromatic nitrogens is 1. The van der Waals surface area contributed by atoms with Gasteiger partial charge >= 0.3 is 0 Å². The highest BCUT2D eigenvalue weighted by Gasteiger charge is 2.24. The Morgan fingerprint density at radius 2 is 1.87 bits per heavy atom. The fourth-order valence-corrected chi connectivity index (χ4v) is 2.76. The van der Waals surface area contributed by atoms with E-state index in [0.717, 1.165) is 36.6 Å². The van der Waals surface area contributed by atoms with Crippen LogP contribution in [0.5, 0.6) is 11.5 Å². The minimum absolute atomic E-state index is 0.0824. The van der Waals surface area contributed by atoms with Crippen molar-refractivity contribution in [3.8, 4) is 11.5 Å². The summed E-state index contributed by atoms with van der Waals surface area (Å²) >= 11 is 0. The van der Waals surface area contributed by atoms with E-state index >= 15 is 0 Å². The highest BCUT2D eigenvalue weighted by molar-refractivity contribution is 5.92. The second kappa shape index (κ2) is 7.24. The Balaban J connectivity index is 1.58. The van der Waals surface area contributed by atoms with E-state index in [4.69, 9.17) is 4.74 Å². The van der Waals surface area contributed by atoms with E-state index in [1.807, 2.05) is 24.3 Å². The van der Waals surface area contributed by atoms with Gasteiger partial charge in [-0.1, -0.05) is 0 Å². The average molecular weight is 311 g/mol. The number of ether oxygens (including phenoxy) is 1. The molecule has 1 saturated heterocycles. The van der Waals surface area contributed by atoms with E-state index in [1.54, 1.807) is 24.5 Å². The molecule has 2 N–H and O–H groups in total. The number of benzene rings is 1. The van der Waals surface area contributed by atoms with Crippen molar-refractivity contribution in [2.24, 2.45) is 5.92 Å². The molecule has 0 unspecified atom stereocenters. The summed E-state index contributed by atoms with van der Waals surface area (Å²) in [5, 5.41) is 6.35. The van der Waals surface area contributed by atoms with Gasteiger partial charge in [0.25, 0.3) is 0 Å². The molecule has 5 nitrogen and oxygen atoms in total. The van der Waals surface area contributed by atoms with Crippen LogP contribution in [-0.2, 0) is 4.79 Å². The molecule has 0 radical (unpaired) electrons. The predicted octanol–water partition coefficient (Wildman–Crippen LogP) is 3.20. The molecule has 1 aromatic heterocycles. The van der Waals surface area contributed by atoms with E-state index in [0.29, 0.717) is 6.04 Å². The normalized spacial score (nSPS) is 20.7. The van der Waals surface area contributed by atoms with Crippen LogP contribution in [0.2, 0.25) is 0 Å². The number of rotatable bonds is 4. The monoisotopic (exact) mass is 311 g/mol. The number of nitrogens with one attached hydrogen (secondary N) is 2. The molecule has 5 heteroatoms. The maximum atomic E-state index is 12.3. The Morgan fingerprint density at radius 3 is 2.57 bits per heavy atom. The van der Waals surface area contributed by atoms with Gasteiger partial charge in [0.05, 0.1) is 0 Å². The standard InChI is InChI=1S/C18H21N3O2/c1-13-12-14(6-11-20-13)18(22)21-15-2-4-16(5-3-15)23-17-7-9-19-10-8-17/h2-5,7-10,13-14,20H,6,11-12H2,1H3,(H,21,22)/t13-,14-/m0/s1. The van der Waals surface area contributed by atoms with Crippen molar-refractivity contribution in [2.75, 3.05) is 11.9 Å². The van der Waals surface area contributed by atoms with E-state index < -0.39 is 0 Å². The molecule has 1 aliphatic heterocycles. The zero-order chi connectivity index (χ0) is 16.1. The van der Waals surface area contributed by atoms with Crippen molar-refractivity contribution in [3.05, 3.63) is 48.8 Å². The Morgan fingerprint density at radius 1 is 1.17 bits per heavy atom. The lowest BCUT2D eigenvalue weighted by atomic mass is 9.92. The van der Waals surface area contributed by atoms with Crippen molar-refractivity contribution in [2.45, 2.75) is 25.8 Å². The van der Waals surface area contributed by atoms with Crippen molar-refractivity contribution >= 4 is 11.6 Å². The third kappa shape index (κ3) is 4.29. The zero-order valence-corrected chi connectivity index (χ0v) is 13.2. The second-order valence-corrected chi connectivity index (χ2v) is 5.88. The third-order valence-corrected chi connectivity index (χ3v) is 4.00. The van der Waals surface area contributed by atoms with E-state index in [2.05, 4.69) is 22.5 Å². The number of piperidine rings is 1. The van der Waals surface area contributed by atoms with Gasteiger partial charge in [0, 0.05) is 30.0 Å². The molecule has 23 heavy (non-hydrogen) atoms. The maximum absolute atomic E-state index is 12.3. The smallest absolute Gasteiger partial charge is 0.227 e. The third-order valence-electron chi connectivity index (χ3n) is 4.00. The van der Waals surface area contributed by atoms with Crippen molar-refractivity contribution < 1.29 is 9.53 Å². The van der Waals surface area contributed by atoms with E-state index in [9.17, 15) is 4.79 Å². The van der Waals surface area contributed by atoms with Gasteiger partial charge in [-0.05, 0) is 62.7 Å². The summed E-state index contributed by atoms with van der Waals surface area (Å²) < 4.78 is 5.71. The van der Waals surface area contributed by atoms with Crippen LogP contribution in [0.3, 0.4) is 0 Å². The van der Waals surface area contributed by atoms with E-state index in [-0.39, 0.29) is 11.8 Å². The number of nitrogens with zero attached hydrogens (tertiary/aromatic N) is 1. The quantitative estimate of drug-likeness (QED) is 0.910. The molecule has 2 atom stereocenters. The summed E-state index contributed by atoms with van der Waals surface area (Å²) in [4.78, 5) is 16.3. The lowest BCUT2D eigenvalue weighted by Crippen LogP contribution is -2.40. The largest absolute Gasteiger partial charge is 0.457 e. The molecule has 2 aromatic rings. The van der Waals surface area contributed by atoms with Crippen LogP contribution in [-0.4, -0.2) is 23.5 Å². The SMILES string of the molecule is C[C@H]1C[C@@H](C(=O)Nc2ccc(Oc3ccncc3)cc2)CCN1. The fourth-order valence-electron chi connectivity index (χ4n) is 2.76. The molecule has 0 aliphatic carbocycles. The summed E-state index contributed by atoms with van der Waals surface area (Å²) in [6.07, 6.45) is 5.14. The molecular formula is C18H21N3O2. The van der Waals surface area contributed by atoms with Crippen molar-refractivity contribution in [3.63, 3.8) is 0 Å². The second-order valence-electron chi connectivity index (χ2n) is 5.88. The first-order valence-electron chi connectivity index (χ1n) is 7.93. The van der Waals surface area contributed by atoms with Crippen molar-refractivity contribution in [1.29, 1.82) is 0 Å². The van der Waals surface area contributed by atoms with Crippen LogP contribution in [0.4, 0.5) is 5.69 Å². The Kier molecular flexibility index (Phi) is 4.88. The minimum atomic E-state index is 0.0824. The van der Waals surface area contributed by atoms with Crippen LogP contribution in [0.15, 0.2) is 48.8 Å². The molecule has 2 heterocycles. The number of hydrogen-bond acceptors (Lipinski definition) is 4. The summed E-state index contributed by atoms with van der Waals surface area (Å²) in [5.41, 5.74) is 0.795. The summed E-state index contributed by atoms with van der Waals surface area (Å²) in [6.45, 7) is 3.02. The highest BCUT2D eigenvalue weighted by Crippen LogP contribution is 2.23. The Hall–Kier alpha value is -2.40. The number of pyridine rings is 1. The molecule has 1 aliphatic rings. The molecule has 0 spiro atoms. The van der Waals surface area contributed by atoms with Gasteiger partial charge in [-0.25, -0.2) is 0 Å². The first-order chi connectivity index (χ1) is 11.2. The fraction of sp³-hybridized carbons (Fsp3) is 0.333. The van der Waals surface area contributed by atoms with Gasteiger partial charge in [0.15, 0.2) is 0 Å². The van der Waals surface area contributed by atoms with Gasteiger partial charge in [-0.3, -0.25) is 9.78 Å². The van der Waals surface area contributed by atoms with Crippen LogP contribution in [0.1, 0.15) is 19.8 Å². The molecule has 120 valence electrons. The van der Waals surface area contributed by atoms with E-state index in [1.165, 1.54) is 0 Å². The van der Waals surface area contributed by atoms with Crippen LogP contribution < -0.4 is 15.4 Å². The molecule has 1 fully saturated rings. The van der Waals surface area contributed by atoms with Gasteiger partial charge in [0.2, 0.25) is 5.91 Å². The molecule has 3 rings (SSSR count). The van der Waals surface area contributed by atoms with Crippen LogP contribution in [0.25, 0.3) is 0 Å². The topological polar surface area (TPSA) is 63.2 Å². The summed E-state index contributed by atoms with van der Waals surface area (Å²) in [7, 11) is 0.